The monoisotopic (exact) mass is 213 g/mol. The molecule has 0 saturated heterocycles. The Bertz CT molecular complexity index is 169. The lowest BCUT2D eigenvalue weighted by atomic mass is 9.80. The van der Waals surface area contributed by atoms with E-state index in [4.69, 9.17) is 0 Å². The van der Waals surface area contributed by atoms with Gasteiger partial charge in [-0.05, 0) is 44.9 Å². The fraction of sp³-hybridized carbons (Fsp3) is 1.00. The van der Waals surface area contributed by atoms with Crippen LogP contribution in [0.5, 0.6) is 0 Å². The van der Waals surface area contributed by atoms with E-state index >= 15 is 0 Å². The maximum Gasteiger partial charge on any atom is 0.0646 e. The molecule has 0 spiro atoms. The van der Waals surface area contributed by atoms with Crippen molar-refractivity contribution in [3.05, 3.63) is 0 Å². The number of rotatable bonds is 5. The molecule has 1 saturated carbocycles. The van der Waals surface area contributed by atoms with Crippen molar-refractivity contribution in [2.75, 3.05) is 0 Å². The minimum atomic E-state index is -0.355. The maximum atomic E-state index is 10.1. The molecule has 0 aliphatic heterocycles. The molecule has 0 bridgehead atoms. The van der Waals surface area contributed by atoms with Gasteiger partial charge >= 0.3 is 0 Å². The summed E-state index contributed by atoms with van der Waals surface area (Å²) in [5.74, 6) is 0. The summed E-state index contributed by atoms with van der Waals surface area (Å²) in [6.45, 7) is 6.58. The molecule has 0 heterocycles. The molecule has 2 heteroatoms. The van der Waals surface area contributed by atoms with Gasteiger partial charge in [-0.2, -0.15) is 0 Å². The standard InChI is InChI=1S/C13H27NO/c1-4-11(5-2)14-12-7-9-13(15,6-3)10-8-12/h11-12,14-15H,4-10H2,1-3H3. The second-order valence-corrected chi connectivity index (χ2v) is 5.03. The highest BCUT2D eigenvalue weighted by molar-refractivity contribution is 4.88. The van der Waals surface area contributed by atoms with E-state index in [0.717, 1.165) is 32.1 Å². The molecule has 0 atom stereocenters. The first-order valence-corrected chi connectivity index (χ1v) is 6.62. The first-order valence-electron chi connectivity index (χ1n) is 6.62. The molecule has 90 valence electrons. The highest BCUT2D eigenvalue weighted by Gasteiger charge is 2.31. The summed E-state index contributed by atoms with van der Waals surface area (Å²) in [6.07, 6.45) is 7.56. The van der Waals surface area contributed by atoms with E-state index < -0.39 is 0 Å². The van der Waals surface area contributed by atoms with E-state index in [9.17, 15) is 5.11 Å². The maximum absolute atomic E-state index is 10.1. The van der Waals surface area contributed by atoms with Gasteiger partial charge in [0.1, 0.15) is 0 Å². The topological polar surface area (TPSA) is 32.3 Å². The molecule has 0 aromatic carbocycles. The van der Waals surface area contributed by atoms with Crippen LogP contribution in [0.1, 0.15) is 65.7 Å². The third-order valence-corrected chi connectivity index (χ3v) is 4.03. The third kappa shape index (κ3) is 3.76. The molecule has 0 aromatic rings. The van der Waals surface area contributed by atoms with Crippen LogP contribution < -0.4 is 5.32 Å². The Balaban J connectivity index is 2.31. The van der Waals surface area contributed by atoms with Crippen LogP contribution in [0.4, 0.5) is 0 Å². The van der Waals surface area contributed by atoms with Crippen molar-refractivity contribution in [3.63, 3.8) is 0 Å². The molecule has 2 N–H and O–H groups in total. The Hall–Kier alpha value is -0.0800. The molecule has 0 amide bonds. The van der Waals surface area contributed by atoms with E-state index in [-0.39, 0.29) is 5.60 Å². The molecular weight excluding hydrogens is 186 g/mol. The van der Waals surface area contributed by atoms with Gasteiger partial charge in [0.2, 0.25) is 0 Å². The summed E-state index contributed by atoms with van der Waals surface area (Å²) >= 11 is 0. The highest BCUT2D eigenvalue weighted by Crippen LogP contribution is 2.31. The molecule has 1 rings (SSSR count). The average molecular weight is 213 g/mol. The Morgan fingerprint density at radius 3 is 2.13 bits per heavy atom. The van der Waals surface area contributed by atoms with Gasteiger partial charge in [0.25, 0.3) is 0 Å². The van der Waals surface area contributed by atoms with Gasteiger partial charge in [-0.15, -0.1) is 0 Å². The molecule has 0 aromatic heterocycles. The van der Waals surface area contributed by atoms with Crippen LogP contribution in [-0.2, 0) is 0 Å². The first-order chi connectivity index (χ1) is 7.13. The molecular formula is C13H27NO. The van der Waals surface area contributed by atoms with Crippen LogP contribution in [-0.4, -0.2) is 22.8 Å². The van der Waals surface area contributed by atoms with Crippen molar-refractivity contribution in [2.45, 2.75) is 83.4 Å². The summed E-state index contributed by atoms with van der Waals surface area (Å²) in [6, 6.07) is 1.31. The minimum absolute atomic E-state index is 0.355. The fourth-order valence-electron chi connectivity index (χ4n) is 2.53. The Morgan fingerprint density at radius 2 is 1.73 bits per heavy atom. The largest absolute Gasteiger partial charge is 0.390 e. The summed E-state index contributed by atoms with van der Waals surface area (Å²) < 4.78 is 0. The van der Waals surface area contributed by atoms with Gasteiger partial charge in [0, 0.05) is 12.1 Å². The highest BCUT2D eigenvalue weighted by atomic mass is 16.3. The molecule has 1 fully saturated rings. The quantitative estimate of drug-likeness (QED) is 0.736. The van der Waals surface area contributed by atoms with Crippen LogP contribution in [0.3, 0.4) is 0 Å². The fourth-order valence-corrected chi connectivity index (χ4v) is 2.53. The average Bonchev–Trinajstić information content (AvgIpc) is 2.28. The molecule has 15 heavy (non-hydrogen) atoms. The number of hydrogen-bond acceptors (Lipinski definition) is 2. The third-order valence-electron chi connectivity index (χ3n) is 4.03. The van der Waals surface area contributed by atoms with Crippen molar-refractivity contribution in [2.24, 2.45) is 0 Å². The van der Waals surface area contributed by atoms with Gasteiger partial charge in [0.15, 0.2) is 0 Å². The van der Waals surface area contributed by atoms with Gasteiger partial charge in [-0.25, -0.2) is 0 Å². The predicted octanol–water partition coefficient (Wildman–Crippen LogP) is 2.85. The number of hydrogen-bond donors (Lipinski definition) is 2. The van der Waals surface area contributed by atoms with Crippen LogP contribution in [0, 0.1) is 0 Å². The lowest BCUT2D eigenvalue weighted by molar-refractivity contribution is -0.00788. The van der Waals surface area contributed by atoms with E-state index in [1.54, 1.807) is 0 Å². The number of aliphatic hydroxyl groups is 1. The lowest BCUT2D eigenvalue weighted by Gasteiger charge is -2.37. The van der Waals surface area contributed by atoms with E-state index in [0.29, 0.717) is 12.1 Å². The molecule has 1 aliphatic rings. The van der Waals surface area contributed by atoms with Crippen molar-refractivity contribution in [1.29, 1.82) is 0 Å². The summed E-state index contributed by atoms with van der Waals surface area (Å²) in [5.41, 5.74) is -0.355. The Kier molecular flexibility index (Phi) is 5.07. The van der Waals surface area contributed by atoms with E-state index in [2.05, 4.69) is 26.1 Å². The second kappa shape index (κ2) is 5.86. The van der Waals surface area contributed by atoms with Crippen LogP contribution in [0.2, 0.25) is 0 Å². The molecule has 0 unspecified atom stereocenters. The summed E-state index contributed by atoms with van der Waals surface area (Å²) in [5, 5.41) is 13.8. The predicted molar refractivity (Wildman–Crippen MR) is 65.0 cm³/mol. The first kappa shape index (κ1) is 13.0. The summed E-state index contributed by atoms with van der Waals surface area (Å²) in [4.78, 5) is 0. The smallest absolute Gasteiger partial charge is 0.0646 e. The molecule has 0 radical (unpaired) electrons. The zero-order valence-corrected chi connectivity index (χ0v) is 10.6. The van der Waals surface area contributed by atoms with Gasteiger partial charge in [-0.1, -0.05) is 20.8 Å². The van der Waals surface area contributed by atoms with Gasteiger partial charge in [0.05, 0.1) is 5.60 Å². The minimum Gasteiger partial charge on any atom is -0.390 e. The van der Waals surface area contributed by atoms with Gasteiger partial charge in [-0.3, -0.25) is 0 Å². The lowest BCUT2D eigenvalue weighted by Crippen LogP contribution is -2.44. The second-order valence-electron chi connectivity index (χ2n) is 5.03. The normalized spacial score (nSPS) is 32.2. The zero-order valence-electron chi connectivity index (χ0n) is 10.6. The number of nitrogens with one attached hydrogen (secondary N) is 1. The van der Waals surface area contributed by atoms with Crippen molar-refractivity contribution >= 4 is 0 Å². The van der Waals surface area contributed by atoms with Crippen LogP contribution >= 0.6 is 0 Å². The summed E-state index contributed by atoms with van der Waals surface area (Å²) in [7, 11) is 0. The van der Waals surface area contributed by atoms with Crippen molar-refractivity contribution in [1.82, 2.24) is 5.32 Å². The zero-order chi connectivity index (χ0) is 11.3. The Labute approximate surface area is 94.5 Å². The Morgan fingerprint density at radius 1 is 1.20 bits per heavy atom. The van der Waals surface area contributed by atoms with Gasteiger partial charge < -0.3 is 10.4 Å². The van der Waals surface area contributed by atoms with E-state index in [1.807, 2.05) is 0 Å². The van der Waals surface area contributed by atoms with Crippen LogP contribution in [0.25, 0.3) is 0 Å². The molecule has 1 aliphatic carbocycles. The van der Waals surface area contributed by atoms with Crippen molar-refractivity contribution in [3.8, 4) is 0 Å². The molecule has 2 nitrogen and oxygen atoms in total. The SMILES string of the molecule is CCC(CC)NC1CCC(O)(CC)CC1. The van der Waals surface area contributed by atoms with E-state index in [1.165, 1.54) is 12.8 Å². The van der Waals surface area contributed by atoms with Crippen LogP contribution in [0.15, 0.2) is 0 Å². The van der Waals surface area contributed by atoms with Crippen molar-refractivity contribution < 1.29 is 5.11 Å².